The van der Waals surface area contributed by atoms with Crippen LogP contribution in [0.5, 0.6) is 0 Å². The molecule has 4 nitrogen and oxygen atoms in total. The van der Waals surface area contributed by atoms with E-state index in [4.69, 9.17) is 0 Å². The molecule has 2 N–H and O–H groups in total. The van der Waals surface area contributed by atoms with Crippen molar-refractivity contribution in [1.82, 2.24) is 15.3 Å². The van der Waals surface area contributed by atoms with Crippen LogP contribution in [0.4, 0.5) is 13.2 Å². The fourth-order valence-electron chi connectivity index (χ4n) is 4.04. The zero-order valence-corrected chi connectivity index (χ0v) is 23.6. The van der Waals surface area contributed by atoms with Crippen molar-refractivity contribution < 1.29 is 18.3 Å². The molecule has 0 amide bonds. The molecule has 1 saturated heterocycles. The van der Waals surface area contributed by atoms with Gasteiger partial charge in [-0.3, -0.25) is 9.97 Å². The Morgan fingerprint density at radius 2 is 1.72 bits per heavy atom. The fraction of sp³-hybridized carbons (Fsp3) is 0.793. The lowest BCUT2D eigenvalue weighted by Crippen LogP contribution is -2.34. The second kappa shape index (κ2) is 15.7. The molecule has 36 heavy (non-hydrogen) atoms. The van der Waals surface area contributed by atoms with Gasteiger partial charge in [-0.25, -0.2) is 0 Å². The Balaban J connectivity index is 0.000000551. The number of hydrogen-bond acceptors (Lipinski definition) is 4. The topological polar surface area (TPSA) is 58.0 Å². The highest BCUT2D eigenvalue weighted by Crippen LogP contribution is 2.62. The third-order valence-corrected chi connectivity index (χ3v) is 7.61. The quantitative estimate of drug-likeness (QED) is 0.385. The van der Waals surface area contributed by atoms with Gasteiger partial charge in [0, 0.05) is 6.04 Å². The number of aryl methyl sites for hydroxylation is 1. The molecule has 1 aliphatic carbocycles. The first kappa shape index (κ1) is 32.6. The summed E-state index contributed by atoms with van der Waals surface area (Å²) in [4.78, 5) is 8.98. The van der Waals surface area contributed by atoms with Crippen LogP contribution in [0.1, 0.15) is 129 Å². The minimum Gasteiger partial charge on any atom is -0.395 e. The molecule has 1 aromatic heterocycles. The molecule has 2 atom stereocenters. The molecule has 1 aliphatic heterocycles. The lowest BCUT2D eigenvalue weighted by atomic mass is 9.95. The van der Waals surface area contributed by atoms with Crippen LogP contribution in [-0.2, 0) is 0 Å². The van der Waals surface area contributed by atoms with Gasteiger partial charge >= 0.3 is 6.18 Å². The lowest BCUT2D eigenvalue weighted by molar-refractivity contribution is -0.174. The molecule has 1 aromatic rings. The molecule has 0 bridgehead atoms. The number of allylic oxidation sites excluding steroid dienone is 1. The summed E-state index contributed by atoms with van der Waals surface area (Å²) in [5.74, 6) is 0.935. The Hall–Kier alpha value is -1.47. The van der Waals surface area contributed by atoms with E-state index in [9.17, 15) is 18.3 Å². The number of aromatic nitrogens is 2. The van der Waals surface area contributed by atoms with Gasteiger partial charge in [0.25, 0.3) is 0 Å². The minimum absolute atomic E-state index is 0.0184. The largest absolute Gasteiger partial charge is 0.398 e. The van der Waals surface area contributed by atoms with E-state index in [2.05, 4.69) is 49.9 Å². The monoisotopic (exact) mass is 513 g/mol. The molecule has 2 heterocycles. The SMILES string of the molecule is C/C(=C\c1ncc(C2CCCCC(CO)N2)nc1C)C1(C(F)(F)F)CC1.CCC(C)CC.CCCC. The highest BCUT2D eigenvalue weighted by atomic mass is 19.4. The summed E-state index contributed by atoms with van der Waals surface area (Å²) in [5, 5.41) is 12.8. The second-order valence-corrected chi connectivity index (χ2v) is 10.5. The highest BCUT2D eigenvalue weighted by molar-refractivity contribution is 5.54. The first-order chi connectivity index (χ1) is 17.0. The molecular formula is C29H50F3N3O. The van der Waals surface area contributed by atoms with Crippen molar-refractivity contribution in [2.24, 2.45) is 11.3 Å². The fourth-order valence-corrected chi connectivity index (χ4v) is 4.04. The van der Waals surface area contributed by atoms with E-state index in [-0.39, 0.29) is 31.5 Å². The molecule has 0 spiro atoms. The molecule has 0 radical (unpaired) electrons. The van der Waals surface area contributed by atoms with Crippen molar-refractivity contribution in [3.05, 3.63) is 28.9 Å². The zero-order valence-electron chi connectivity index (χ0n) is 23.6. The maximum atomic E-state index is 13.3. The predicted molar refractivity (Wildman–Crippen MR) is 144 cm³/mol. The number of nitrogens with zero attached hydrogens (tertiary/aromatic N) is 2. The first-order valence-corrected chi connectivity index (χ1v) is 13.9. The molecular weight excluding hydrogens is 463 g/mol. The third kappa shape index (κ3) is 9.77. The van der Waals surface area contributed by atoms with Crippen LogP contribution in [0.3, 0.4) is 0 Å². The van der Waals surface area contributed by atoms with Gasteiger partial charge in [-0.2, -0.15) is 13.2 Å². The number of aliphatic hydroxyl groups is 1. The summed E-state index contributed by atoms with van der Waals surface area (Å²) >= 11 is 0. The predicted octanol–water partition coefficient (Wildman–Crippen LogP) is 8.35. The molecule has 7 heteroatoms. The molecule has 2 fully saturated rings. The van der Waals surface area contributed by atoms with Gasteiger partial charge in [-0.05, 0) is 51.5 Å². The van der Waals surface area contributed by atoms with E-state index in [1.807, 2.05) is 0 Å². The summed E-state index contributed by atoms with van der Waals surface area (Å²) in [6.45, 7) is 14.5. The van der Waals surface area contributed by atoms with Crippen molar-refractivity contribution in [1.29, 1.82) is 0 Å². The number of aliphatic hydroxyl groups excluding tert-OH is 1. The van der Waals surface area contributed by atoms with Crippen LogP contribution >= 0.6 is 0 Å². The van der Waals surface area contributed by atoms with E-state index in [0.717, 1.165) is 37.3 Å². The van der Waals surface area contributed by atoms with Crippen molar-refractivity contribution in [3.8, 4) is 0 Å². The van der Waals surface area contributed by atoms with Crippen LogP contribution < -0.4 is 5.32 Å². The molecule has 1 saturated carbocycles. The van der Waals surface area contributed by atoms with Crippen molar-refractivity contribution in [2.75, 3.05) is 6.61 Å². The highest BCUT2D eigenvalue weighted by Gasteiger charge is 2.64. The van der Waals surface area contributed by atoms with E-state index in [0.29, 0.717) is 17.0 Å². The first-order valence-electron chi connectivity index (χ1n) is 13.9. The van der Waals surface area contributed by atoms with E-state index in [1.54, 1.807) is 13.1 Å². The van der Waals surface area contributed by atoms with E-state index >= 15 is 0 Å². The summed E-state index contributed by atoms with van der Waals surface area (Å²) in [6, 6.07) is 0.0675. The Morgan fingerprint density at radius 3 is 2.14 bits per heavy atom. The molecule has 208 valence electrons. The Labute approximate surface area is 217 Å². The summed E-state index contributed by atoms with van der Waals surface area (Å²) in [7, 11) is 0. The van der Waals surface area contributed by atoms with Crippen molar-refractivity contribution >= 4 is 6.08 Å². The van der Waals surface area contributed by atoms with Gasteiger partial charge in [-0.1, -0.05) is 78.7 Å². The zero-order chi connectivity index (χ0) is 27.4. The van der Waals surface area contributed by atoms with Gasteiger partial charge in [0.2, 0.25) is 0 Å². The normalized spacial score (nSPS) is 21.6. The number of nitrogens with one attached hydrogen (secondary N) is 1. The number of hydrogen-bond donors (Lipinski definition) is 2. The maximum Gasteiger partial charge on any atom is 0.398 e. The van der Waals surface area contributed by atoms with Gasteiger partial charge < -0.3 is 10.4 Å². The van der Waals surface area contributed by atoms with Crippen LogP contribution in [-0.4, -0.2) is 33.9 Å². The number of alkyl halides is 3. The minimum atomic E-state index is -4.21. The third-order valence-electron chi connectivity index (χ3n) is 7.61. The average molecular weight is 514 g/mol. The van der Waals surface area contributed by atoms with Gasteiger partial charge in [-0.15, -0.1) is 0 Å². The molecule has 0 aromatic carbocycles. The standard InChI is InChI=1S/C19H26F3N3O.C6H14.C4H10/c1-12(18(7-8-18)19(20,21)22)9-16-13(2)24-17(10-23-16)15-6-4-3-5-14(11-26)25-15;1-4-6(3)5-2;1-3-4-2/h9-10,14-15,25-26H,3-8,11H2,1-2H3;6H,4-5H2,1-3H3;3-4H2,1-2H3/b12-9+;;. The smallest absolute Gasteiger partial charge is 0.395 e. The number of unbranched alkanes of at least 4 members (excludes halogenated alkanes) is 1. The van der Waals surface area contributed by atoms with Gasteiger partial charge in [0.15, 0.2) is 0 Å². The Kier molecular flexibility index (Phi) is 14.2. The van der Waals surface area contributed by atoms with E-state index in [1.165, 1.54) is 38.7 Å². The average Bonchev–Trinajstić information content (AvgIpc) is 3.70. The Morgan fingerprint density at radius 1 is 1.14 bits per heavy atom. The van der Waals surface area contributed by atoms with Crippen LogP contribution in [0.25, 0.3) is 6.08 Å². The second-order valence-electron chi connectivity index (χ2n) is 10.5. The number of rotatable bonds is 7. The molecule has 3 rings (SSSR count). The van der Waals surface area contributed by atoms with Crippen LogP contribution in [0.15, 0.2) is 11.8 Å². The van der Waals surface area contributed by atoms with Crippen molar-refractivity contribution in [2.45, 2.75) is 131 Å². The summed E-state index contributed by atoms with van der Waals surface area (Å²) < 4.78 is 39.8. The molecule has 2 aliphatic rings. The maximum absolute atomic E-state index is 13.3. The molecule has 2 unspecified atom stereocenters. The van der Waals surface area contributed by atoms with Gasteiger partial charge in [0.05, 0.1) is 41.3 Å². The lowest BCUT2D eigenvalue weighted by Gasteiger charge is -2.21. The van der Waals surface area contributed by atoms with Crippen LogP contribution in [0.2, 0.25) is 0 Å². The Bertz CT molecular complexity index is 784. The van der Waals surface area contributed by atoms with Crippen LogP contribution in [0, 0.1) is 18.3 Å². The van der Waals surface area contributed by atoms with E-state index < -0.39 is 11.6 Å². The summed E-state index contributed by atoms with van der Waals surface area (Å²) in [5.41, 5.74) is 0.551. The van der Waals surface area contributed by atoms with Crippen molar-refractivity contribution in [3.63, 3.8) is 0 Å². The number of halogens is 3. The summed E-state index contributed by atoms with van der Waals surface area (Å²) in [6.07, 6.45) is 8.51. The van der Waals surface area contributed by atoms with Gasteiger partial charge in [0.1, 0.15) is 0 Å².